The van der Waals surface area contributed by atoms with Crippen LogP contribution in [0.4, 0.5) is 0 Å². The van der Waals surface area contributed by atoms with Gasteiger partial charge in [-0.25, -0.2) is 13.1 Å². The Hall–Kier alpha value is -0.660. The largest absolute Gasteiger partial charge is 0.354 e. The number of hydrogen-bond acceptors (Lipinski definition) is 4. The van der Waals surface area contributed by atoms with Gasteiger partial charge >= 0.3 is 0 Å². The first-order valence-corrected chi connectivity index (χ1v) is 7.77. The molecule has 6 nitrogen and oxygen atoms in total. The SMILES string of the molecule is CS(=O)(=O)NCCNC(=O)C1CCCCC1N. The van der Waals surface area contributed by atoms with Crippen LogP contribution in [0.5, 0.6) is 0 Å². The van der Waals surface area contributed by atoms with Crippen LogP contribution in [0.3, 0.4) is 0 Å². The van der Waals surface area contributed by atoms with Crippen LogP contribution in [0.2, 0.25) is 0 Å². The van der Waals surface area contributed by atoms with Crippen LogP contribution >= 0.6 is 0 Å². The van der Waals surface area contributed by atoms with Crippen LogP contribution < -0.4 is 15.8 Å². The molecule has 2 unspecified atom stereocenters. The van der Waals surface area contributed by atoms with Gasteiger partial charge in [0, 0.05) is 19.1 Å². The number of amides is 1. The van der Waals surface area contributed by atoms with E-state index in [1.165, 1.54) is 0 Å². The smallest absolute Gasteiger partial charge is 0.224 e. The summed E-state index contributed by atoms with van der Waals surface area (Å²) in [5.41, 5.74) is 5.88. The van der Waals surface area contributed by atoms with Crippen molar-refractivity contribution < 1.29 is 13.2 Å². The third kappa shape index (κ3) is 5.47. The number of hydrogen-bond donors (Lipinski definition) is 3. The molecule has 7 heteroatoms. The summed E-state index contributed by atoms with van der Waals surface area (Å²) in [5.74, 6) is -0.186. The molecule has 1 saturated carbocycles. The van der Waals surface area contributed by atoms with Gasteiger partial charge in [-0.3, -0.25) is 4.79 Å². The van der Waals surface area contributed by atoms with E-state index in [0.29, 0.717) is 6.54 Å². The highest BCUT2D eigenvalue weighted by Crippen LogP contribution is 2.22. The fourth-order valence-corrected chi connectivity index (χ4v) is 2.51. The van der Waals surface area contributed by atoms with Crippen molar-refractivity contribution in [2.45, 2.75) is 31.7 Å². The van der Waals surface area contributed by atoms with Crippen molar-refractivity contribution in [1.29, 1.82) is 0 Å². The fraction of sp³-hybridized carbons (Fsp3) is 0.900. The van der Waals surface area contributed by atoms with E-state index in [1.807, 2.05) is 0 Å². The Labute approximate surface area is 102 Å². The van der Waals surface area contributed by atoms with Gasteiger partial charge in [0.25, 0.3) is 0 Å². The van der Waals surface area contributed by atoms with E-state index in [1.54, 1.807) is 0 Å². The molecule has 0 radical (unpaired) electrons. The van der Waals surface area contributed by atoms with E-state index in [9.17, 15) is 13.2 Å². The van der Waals surface area contributed by atoms with Crippen LogP contribution in [0, 0.1) is 5.92 Å². The zero-order valence-electron chi connectivity index (χ0n) is 10.1. The summed E-state index contributed by atoms with van der Waals surface area (Å²) in [4.78, 5) is 11.8. The highest BCUT2D eigenvalue weighted by molar-refractivity contribution is 7.88. The minimum Gasteiger partial charge on any atom is -0.354 e. The predicted octanol–water partition coefficient (Wildman–Crippen LogP) is -0.831. The summed E-state index contributed by atoms with van der Waals surface area (Å²) in [7, 11) is -3.18. The van der Waals surface area contributed by atoms with Gasteiger partial charge < -0.3 is 11.1 Å². The molecule has 0 spiro atoms. The van der Waals surface area contributed by atoms with Crippen molar-refractivity contribution in [3.05, 3.63) is 0 Å². The van der Waals surface area contributed by atoms with E-state index in [2.05, 4.69) is 10.0 Å². The Morgan fingerprint density at radius 2 is 1.94 bits per heavy atom. The number of nitrogens with one attached hydrogen (secondary N) is 2. The first-order valence-electron chi connectivity index (χ1n) is 5.88. The molecule has 1 aliphatic rings. The minimum absolute atomic E-state index is 0.0625. The summed E-state index contributed by atoms with van der Waals surface area (Å²) < 4.78 is 23.9. The molecule has 17 heavy (non-hydrogen) atoms. The standard InChI is InChI=1S/C10H21N3O3S/c1-17(15,16)13-7-6-12-10(14)8-4-2-3-5-9(8)11/h8-9,13H,2-7,11H2,1H3,(H,12,14). The van der Waals surface area contributed by atoms with E-state index in [0.717, 1.165) is 31.9 Å². The van der Waals surface area contributed by atoms with E-state index in [-0.39, 0.29) is 24.4 Å². The molecule has 1 amide bonds. The highest BCUT2D eigenvalue weighted by Gasteiger charge is 2.27. The van der Waals surface area contributed by atoms with Gasteiger partial charge in [0.05, 0.1) is 12.2 Å². The molecular weight excluding hydrogens is 242 g/mol. The number of sulfonamides is 1. The average Bonchev–Trinajstić information content (AvgIpc) is 2.23. The maximum absolute atomic E-state index is 11.8. The molecule has 1 rings (SSSR count). The maximum atomic E-state index is 11.8. The quantitative estimate of drug-likeness (QED) is 0.563. The lowest BCUT2D eigenvalue weighted by molar-refractivity contribution is -0.126. The topological polar surface area (TPSA) is 101 Å². The second-order valence-corrected chi connectivity index (χ2v) is 6.35. The van der Waals surface area contributed by atoms with Gasteiger partial charge in [0.15, 0.2) is 0 Å². The third-order valence-electron chi connectivity index (χ3n) is 2.94. The van der Waals surface area contributed by atoms with Crippen LogP contribution in [-0.2, 0) is 14.8 Å². The van der Waals surface area contributed by atoms with Crippen molar-refractivity contribution in [3.8, 4) is 0 Å². The normalized spacial score (nSPS) is 25.5. The fourth-order valence-electron chi connectivity index (χ4n) is 2.04. The van der Waals surface area contributed by atoms with Crippen LogP contribution in [0.25, 0.3) is 0 Å². The Morgan fingerprint density at radius 1 is 1.29 bits per heavy atom. The van der Waals surface area contributed by atoms with E-state index in [4.69, 9.17) is 5.73 Å². The van der Waals surface area contributed by atoms with Gasteiger partial charge in [-0.15, -0.1) is 0 Å². The Bertz CT molecular complexity index is 356. The molecule has 2 atom stereocenters. The molecule has 0 bridgehead atoms. The summed E-state index contributed by atoms with van der Waals surface area (Å²) in [6.07, 6.45) is 4.92. The zero-order chi connectivity index (χ0) is 12.9. The summed E-state index contributed by atoms with van der Waals surface area (Å²) in [5, 5.41) is 2.71. The lowest BCUT2D eigenvalue weighted by atomic mass is 9.84. The number of carbonyl (C=O) groups excluding carboxylic acids is 1. The molecule has 1 aliphatic carbocycles. The van der Waals surface area contributed by atoms with Crippen molar-refractivity contribution in [1.82, 2.24) is 10.0 Å². The van der Waals surface area contributed by atoms with Crippen molar-refractivity contribution in [3.63, 3.8) is 0 Å². The number of rotatable bonds is 5. The van der Waals surface area contributed by atoms with Gasteiger partial charge in [-0.05, 0) is 12.8 Å². The lowest BCUT2D eigenvalue weighted by Crippen LogP contribution is -2.45. The Balaban J connectivity index is 2.24. The summed E-state index contributed by atoms with van der Waals surface area (Å²) >= 11 is 0. The van der Waals surface area contributed by atoms with Gasteiger partial charge in [-0.2, -0.15) is 0 Å². The first-order chi connectivity index (χ1) is 7.90. The van der Waals surface area contributed by atoms with Gasteiger partial charge in [-0.1, -0.05) is 12.8 Å². The van der Waals surface area contributed by atoms with Gasteiger partial charge in [0.1, 0.15) is 0 Å². The van der Waals surface area contributed by atoms with Crippen LogP contribution in [0.15, 0.2) is 0 Å². The van der Waals surface area contributed by atoms with E-state index < -0.39 is 10.0 Å². The van der Waals surface area contributed by atoms with Gasteiger partial charge in [0.2, 0.25) is 15.9 Å². The van der Waals surface area contributed by atoms with Crippen molar-refractivity contribution in [2.75, 3.05) is 19.3 Å². The molecule has 100 valence electrons. The Morgan fingerprint density at radius 3 is 2.53 bits per heavy atom. The average molecular weight is 263 g/mol. The number of nitrogens with two attached hydrogens (primary N) is 1. The molecule has 4 N–H and O–H groups in total. The number of carbonyl (C=O) groups is 1. The van der Waals surface area contributed by atoms with Crippen LogP contribution in [-0.4, -0.2) is 39.7 Å². The molecule has 0 aromatic heterocycles. The molecule has 0 aromatic rings. The monoisotopic (exact) mass is 263 g/mol. The highest BCUT2D eigenvalue weighted by atomic mass is 32.2. The second kappa shape index (κ2) is 6.32. The molecule has 0 heterocycles. The Kier molecular flexibility index (Phi) is 5.35. The summed E-state index contributed by atoms with van der Waals surface area (Å²) in [6, 6.07) is -0.0633. The second-order valence-electron chi connectivity index (χ2n) is 4.51. The predicted molar refractivity (Wildman–Crippen MR) is 65.8 cm³/mol. The first kappa shape index (κ1) is 14.4. The lowest BCUT2D eigenvalue weighted by Gasteiger charge is -2.27. The zero-order valence-corrected chi connectivity index (χ0v) is 10.9. The summed E-state index contributed by atoms with van der Waals surface area (Å²) in [6.45, 7) is 0.516. The molecular formula is C10H21N3O3S. The van der Waals surface area contributed by atoms with Crippen LogP contribution in [0.1, 0.15) is 25.7 Å². The van der Waals surface area contributed by atoms with Crippen molar-refractivity contribution >= 4 is 15.9 Å². The van der Waals surface area contributed by atoms with Crippen molar-refractivity contribution in [2.24, 2.45) is 11.7 Å². The molecule has 0 saturated heterocycles. The minimum atomic E-state index is -3.18. The van der Waals surface area contributed by atoms with E-state index >= 15 is 0 Å². The maximum Gasteiger partial charge on any atom is 0.224 e. The molecule has 1 fully saturated rings. The molecule has 0 aromatic carbocycles. The molecule has 0 aliphatic heterocycles. The third-order valence-corrected chi connectivity index (χ3v) is 3.67.